The van der Waals surface area contributed by atoms with E-state index in [2.05, 4.69) is 37.9 Å². The van der Waals surface area contributed by atoms with E-state index in [0.717, 1.165) is 34.5 Å². The van der Waals surface area contributed by atoms with E-state index >= 15 is 0 Å². The third-order valence-corrected chi connectivity index (χ3v) is 6.37. The van der Waals surface area contributed by atoms with Crippen LogP contribution in [0.15, 0.2) is 61.2 Å². The predicted octanol–water partition coefficient (Wildman–Crippen LogP) is 7.96. The molecule has 1 aromatic heterocycles. The monoisotopic (exact) mass is 466 g/mol. The highest BCUT2D eigenvalue weighted by molar-refractivity contribution is 6.05. The lowest BCUT2D eigenvalue weighted by Crippen LogP contribution is -2.12. The molecule has 180 valence electrons. The van der Waals surface area contributed by atoms with Gasteiger partial charge in [-0.05, 0) is 74.1 Å². The number of nitrogens with one attached hydrogen (secondary N) is 1. The molecule has 3 rings (SSSR count). The summed E-state index contributed by atoms with van der Waals surface area (Å²) in [7, 11) is 0. The number of rotatable bonds is 9. The molecule has 1 amide bonds. The largest absolute Gasteiger partial charge is 0.322 e. The van der Waals surface area contributed by atoms with E-state index in [0.29, 0.717) is 29.2 Å². The molecule has 1 N–H and O–H groups in total. The maximum absolute atomic E-state index is 12.8. The van der Waals surface area contributed by atoms with Crippen LogP contribution in [0, 0.1) is 0 Å². The number of hydrogen-bond donors (Lipinski definition) is 1. The van der Waals surface area contributed by atoms with E-state index in [4.69, 9.17) is 4.98 Å². The third kappa shape index (κ3) is 5.65. The minimum Gasteiger partial charge on any atom is -0.322 e. The molecule has 1 unspecified atom stereocenters. The number of carbonyl (C=O) groups excluding carboxylic acids is 2. The van der Waals surface area contributed by atoms with Crippen LogP contribution in [0.5, 0.6) is 0 Å². The van der Waals surface area contributed by atoms with Crippen LogP contribution in [-0.2, 0) is 6.42 Å². The summed E-state index contributed by atoms with van der Waals surface area (Å²) in [6.45, 7) is 13.8. The summed E-state index contributed by atoms with van der Waals surface area (Å²) in [5, 5.41) is 2.97. The topological polar surface area (TPSA) is 59.1 Å². The summed E-state index contributed by atoms with van der Waals surface area (Å²) in [6, 6.07) is 15.4. The van der Waals surface area contributed by atoms with Gasteiger partial charge in [-0.3, -0.25) is 9.59 Å². The van der Waals surface area contributed by atoms with Crippen LogP contribution in [0.25, 0.3) is 23.4 Å². The summed E-state index contributed by atoms with van der Waals surface area (Å²) in [5.41, 5.74) is 7.21. The van der Waals surface area contributed by atoms with Crippen molar-refractivity contribution < 1.29 is 9.59 Å². The predicted molar refractivity (Wildman–Crippen MR) is 147 cm³/mol. The van der Waals surface area contributed by atoms with Crippen molar-refractivity contribution in [3.8, 4) is 11.3 Å². The summed E-state index contributed by atoms with van der Waals surface area (Å²) in [6.07, 6.45) is 7.22. The number of allylic oxidation sites excluding steroid dienone is 1. The molecule has 0 fully saturated rings. The Bertz CT molecular complexity index is 1250. The van der Waals surface area contributed by atoms with Gasteiger partial charge in [0, 0.05) is 27.9 Å². The van der Waals surface area contributed by atoms with E-state index in [-0.39, 0.29) is 11.7 Å². The fourth-order valence-electron chi connectivity index (χ4n) is 4.25. The average molecular weight is 467 g/mol. The van der Waals surface area contributed by atoms with Crippen molar-refractivity contribution in [3.63, 3.8) is 0 Å². The Kier molecular flexibility index (Phi) is 8.53. The second-order valence-electron chi connectivity index (χ2n) is 8.69. The van der Waals surface area contributed by atoms with Crippen LogP contribution >= 0.6 is 0 Å². The summed E-state index contributed by atoms with van der Waals surface area (Å²) in [5.74, 6) is 0.311. The average Bonchev–Trinajstić information content (AvgIpc) is 2.88. The lowest BCUT2D eigenvalue weighted by atomic mass is 9.91. The van der Waals surface area contributed by atoms with Gasteiger partial charge >= 0.3 is 0 Å². The summed E-state index contributed by atoms with van der Waals surface area (Å²) < 4.78 is 0. The van der Waals surface area contributed by atoms with E-state index in [1.807, 2.05) is 50.3 Å². The second-order valence-corrected chi connectivity index (χ2v) is 8.69. The van der Waals surface area contributed by atoms with Crippen molar-refractivity contribution in [1.82, 2.24) is 4.98 Å². The number of hydrogen-bond acceptors (Lipinski definition) is 3. The highest BCUT2D eigenvalue weighted by atomic mass is 16.1. The molecule has 0 saturated heterocycles. The first-order valence-electron chi connectivity index (χ1n) is 12.2. The molecule has 0 saturated carbocycles. The number of amides is 1. The van der Waals surface area contributed by atoms with Gasteiger partial charge in [0.05, 0.1) is 11.4 Å². The lowest BCUT2D eigenvalue weighted by Gasteiger charge is -2.17. The fourth-order valence-corrected chi connectivity index (χ4v) is 4.25. The number of carbonyl (C=O) groups is 2. The minimum absolute atomic E-state index is 0.0125. The first-order chi connectivity index (χ1) is 16.8. The number of anilines is 1. The van der Waals surface area contributed by atoms with Crippen LogP contribution in [0.2, 0.25) is 0 Å². The molecule has 1 atom stereocenters. The molecule has 0 aliphatic rings. The highest BCUT2D eigenvalue weighted by Crippen LogP contribution is 2.31. The fraction of sp³-hybridized carbons (Fsp3) is 0.258. The Labute approximate surface area is 208 Å². The van der Waals surface area contributed by atoms with Crippen LogP contribution < -0.4 is 5.32 Å². The number of ketones is 1. The molecule has 0 bridgehead atoms. The molecule has 4 heteroatoms. The first kappa shape index (κ1) is 25.8. The van der Waals surface area contributed by atoms with Crippen molar-refractivity contribution >= 4 is 29.5 Å². The van der Waals surface area contributed by atoms with Gasteiger partial charge in [0.1, 0.15) is 0 Å². The van der Waals surface area contributed by atoms with Gasteiger partial charge in [-0.2, -0.15) is 0 Å². The lowest BCUT2D eigenvalue weighted by molar-refractivity contribution is 0.101. The Morgan fingerprint density at radius 3 is 2.23 bits per heavy atom. The van der Waals surface area contributed by atoms with Crippen molar-refractivity contribution in [1.29, 1.82) is 0 Å². The van der Waals surface area contributed by atoms with Crippen LogP contribution in [0.3, 0.4) is 0 Å². The van der Waals surface area contributed by atoms with Crippen LogP contribution in [0.4, 0.5) is 5.69 Å². The molecular formula is C31H34N2O2. The summed E-state index contributed by atoms with van der Waals surface area (Å²) >= 11 is 0. The van der Waals surface area contributed by atoms with E-state index in [1.165, 1.54) is 5.56 Å². The maximum atomic E-state index is 12.8. The van der Waals surface area contributed by atoms with Crippen molar-refractivity contribution in [2.75, 3.05) is 5.32 Å². The quantitative estimate of drug-likeness (QED) is 0.325. The zero-order valence-corrected chi connectivity index (χ0v) is 21.3. The van der Waals surface area contributed by atoms with Gasteiger partial charge in [-0.15, -0.1) is 0 Å². The minimum atomic E-state index is -0.169. The molecule has 1 heterocycles. The third-order valence-electron chi connectivity index (χ3n) is 6.37. The molecule has 3 aromatic rings. The van der Waals surface area contributed by atoms with Gasteiger partial charge in [0.15, 0.2) is 5.78 Å². The Balaban J connectivity index is 1.93. The van der Waals surface area contributed by atoms with Crippen molar-refractivity contribution in [2.45, 2.75) is 53.4 Å². The van der Waals surface area contributed by atoms with Crippen molar-refractivity contribution in [3.05, 3.63) is 94.7 Å². The zero-order valence-electron chi connectivity index (χ0n) is 21.3. The smallest absolute Gasteiger partial charge is 0.255 e. The van der Waals surface area contributed by atoms with E-state index < -0.39 is 0 Å². The Hall–Kier alpha value is -3.79. The molecule has 2 aromatic carbocycles. The van der Waals surface area contributed by atoms with Gasteiger partial charge in [-0.1, -0.05) is 63.8 Å². The SMILES string of the molecule is C=Cc1c(/C=C\C)nc(-c2ccc(C(=O)Nc3ccc(C(C)CC)cc3)cc2)c(CC)c1C(C)=O. The van der Waals surface area contributed by atoms with Crippen molar-refractivity contribution in [2.24, 2.45) is 0 Å². The van der Waals surface area contributed by atoms with Gasteiger partial charge < -0.3 is 5.32 Å². The molecular weight excluding hydrogens is 432 g/mol. The molecule has 0 radical (unpaired) electrons. The normalized spacial score (nSPS) is 11.9. The number of benzene rings is 2. The number of pyridine rings is 1. The molecule has 0 aliphatic carbocycles. The van der Waals surface area contributed by atoms with Crippen LogP contribution in [0.1, 0.15) is 90.1 Å². The van der Waals surface area contributed by atoms with Gasteiger partial charge in [0.25, 0.3) is 5.91 Å². The van der Waals surface area contributed by atoms with E-state index in [9.17, 15) is 9.59 Å². The summed E-state index contributed by atoms with van der Waals surface area (Å²) in [4.78, 5) is 30.3. The second kappa shape index (κ2) is 11.6. The highest BCUT2D eigenvalue weighted by Gasteiger charge is 2.20. The maximum Gasteiger partial charge on any atom is 0.255 e. The zero-order chi connectivity index (χ0) is 25.5. The Morgan fingerprint density at radius 1 is 1.06 bits per heavy atom. The molecule has 35 heavy (non-hydrogen) atoms. The number of nitrogens with zero attached hydrogens (tertiary/aromatic N) is 1. The first-order valence-corrected chi connectivity index (χ1v) is 12.2. The standard InChI is InChI=1S/C31H34N2O2/c1-7-11-28-26(9-3)29(21(6)34)27(10-4)30(33-28)23-12-14-24(15-13-23)31(35)32-25-18-16-22(17-19-25)20(5)8-2/h7,9,11-20H,3,8,10H2,1-2,4-6H3,(H,32,35)/b11-7-. The Morgan fingerprint density at radius 2 is 1.71 bits per heavy atom. The molecule has 0 aliphatic heterocycles. The van der Waals surface area contributed by atoms with E-state index in [1.54, 1.807) is 25.1 Å². The van der Waals surface area contributed by atoms with Gasteiger partial charge in [0.2, 0.25) is 0 Å². The van der Waals surface area contributed by atoms with Gasteiger partial charge in [-0.25, -0.2) is 4.98 Å². The van der Waals surface area contributed by atoms with Crippen LogP contribution in [-0.4, -0.2) is 16.7 Å². The number of aromatic nitrogens is 1. The number of Topliss-reactive ketones (excluding diaryl/α,β-unsaturated/α-hetero) is 1. The molecule has 0 spiro atoms. The molecule has 4 nitrogen and oxygen atoms in total.